The zero-order chi connectivity index (χ0) is 14.6. The van der Waals surface area contributed by atoms with Crippen LogP contribution < -0.4 is 4.74 Å². The molecule has 5 nitrogen and oxygen atoms in total. The van der Waals surface area contributed by atoms with Crippen molar-refractivity contribution in [3.05, 3.63) is 28.2 Å². The van der Waals surface area contributed by atoms with Crippen molar-refractivity contribution in [1.29, 1.82) is 0 Å². The van der Waals surface area contributed by atoms with Crippen molar-refractivity contribution in [2.75, 3.05) is 46.8 Å². The number of methoxy groups -OCH3 is 1. The van der Waals surface area contributed by atoms with Crippen LogP contribution in [0.15, 0.2) is 22.7 Å². The second-order valence-corrected chi connectivity index (χ2v) is 4.78. The SMILES string of the molecule is COCCOCCOCCOc1cc(Br)ccc1C=O. The van der Waals surface area contributed by atoms with E-state index in [1.165, 1.54) is 0 Å². The fourth-order valence-corrected chi connectivity index (χ4v) is 1.75. The molecule has 0 spiro atoms. The fourth-order valence-electron chi connectivity index (χ4n) is 1.41. The Labute approximate surface area is 127 Å². The predicted octanol–water partition coefficient (Wildman–Crippen LogP) is 2.32. The maximum absolute atomic E-state index is 10.8. The molecule has 0 atom stereocenters. The van der Waals surface area contributed by atoms with Gasteiger partial charge in [-0.05, 0) is 18.2 Å². The summed E-state index contributed by atoms with van der Waals surface area (Å²) in [6, 6.07) is 5.26. The number of carbonyl (C=O) groups excluding carboxylic acids is 1. The summed E-state index contributed by atoms with van der Waals surface area (Å²) in [4.78, 5) is 10.8. The topological polar surface area (TPSA) is 54.0 Å². The maximum atomic E-state index is 10.8. The van der Waals surface area contributed by atoms with Crippen molar-refractivity contribution in [1.82, 2.24) is 0 Å². The van der Waals surface area contributed by atoms with E-state index in [1.807, 2.05) is 0 Å². The summed E-state index contributed by atoms with van der Waals surface area (Å²) >= 11 is 3.34. The van der Waals surface area contributed by atoms with Gasteiger partial charge >= 0.3 is 0 Å². The molecule has 0 saturated heterocycles. The second kappa shape index (κ2) is 10.8. The van der Waals surface area contributed by atoms with Gasteiger partial charge in [0.25, 0.3) is 0 Å². The monoisotopic (exact) mass is 346 g/mol. The maximum Gasteiger partial charge on any atom is 0.153 e. The molecular formula is C14H19BrO5. The standard InChI is InChI=1S/C14H19BrO5/c1-17-4-5-18-6-7-19-8-9-20-14-10-13(15)3-2-12(14)11-16/h2-3,10-11H,4-9H2,1H3. The van der Waals surface area contributed by atoms with Gasteiger partial charge in [-0.25, -0.2) is 0 Å². The molecule has 0 N–H and O–H groups in total. The molecule has 6 heteroatoms. The quantitative estimate of drug-likeness (QED) is 0.454. The molecule has 0 amide bonds. The van der Waals surface area contributed by atoms with Crippen molar-refractivity contribution in [3.63, 3.8) is 0 Å². The van der Waals surface area contributed by atoms with Gasteiger partial charge in [0.1, 0.15) is 12.4 Å². The number of hydrogen-bond acceptors (Lipinski definition) is 5. The largest absolute Gasteiger partial charge is 0.490 e. The minimum absolute atomic E-state index is 0.384. The van der Waals surface area contributed by atoms with E-state index >= 15 is 0 Å². The van der Waals surface area contributed by atoms with E-state index in [2.05, 4.69) is 15.9 Å². The molecule has 112 valence electrons. The molecule has 0 unspecified atom stereocenters. The number of aldehydes is 1. The summed E-state index contributed by atoms with van der Waals surface area (Å²) in [5.41, 5.74) is 0.524. The molecule has 0 aliphatic heterocycles. The summed E-state index contributed by atoms with van der Waals surface area (Å²) in [6.07, 6.45) is 0.770. The highest BCUT2D eigenvalue weighted by atomic mass is 79.9. The number of hydrogen-bond donors (Lipinski definition) is 0. The van der Waals surface area contributed by atoms with Gasteiger partial charge in [-0.1, -0.05) is 15.9 Å². The number of halogens is 1. The van der Waals surface area contributed by atoms with Crippen molar-refractivity contribution in [2.45, 2.75) is 0 Å². The van der Waals surface area contributed by atoms with Gasteiger partial charge in [0, 0.05) is 11.6 Å². The molecule has 1 rings (SSSR count). The Balaban J connectivity index is 2.12. The number of ether oxygens (including phenoxy) is 4. The molecule has 1 aromatic carbocycles. The predicted molar refractivity (Wildman–Crippen MR) is 78.5 cm³/mol. The van der Waals surface area contributed by atoms with E-state index in [0.717, 1.165) is 10.8 Å². The zero-order valence-electron chi connectivity index (χ0n) is 11.5. The van der Waals surface area contributed by atoms with E-state index in [1.54, 1.807) is 25.3 Å². The first-order valence-electron chi connectivity index (χ1n) is 6.30. The third kappa shape index (κ3) is 7.00. The number of carbonyl (C=O) groups is 1. The van der Waals surface area contributed by atoms with Crippen LogP contribution in [-0.4, -0.2) is 53.0 Å². The van der Waals surface area contributed by atoms with Crippen LogP contribution in [-0.2, 0) is 14.2 Å². The van der Waals surface area contributed by atoms with E-state index < -0.39 is 0 Å². The Bertz CT molecular complexity index is 397. The molecule has 0 aliphatic rings. The molecule has 0 saturated carbocycles. The highest BCUT2D eigenvalue weighted by Crippen LogP contribution is 2.22. The van der Waals surface area contributed by atoms with Crippen LogP contribution in [0.5, 0.6) is 5.75 Å². The van der Waals surface area contributed by atoms with Crippen molar-refractivity contribution in [2.24, 2.45) is 0 Å². The lowest BCUT2D eigenvalue weighted by Gasteiger charge is -2.09. The lowest BCUT2D eigenvalue weighted by atomic mass is 10.2. The lowest BCUT2D eigenvalue weighted by molar-refractivity contribution is 0.0179. The zero-order valence-corrected chi connectivity index (χ0v) is 13.1. The lowest BCUT2D eigenvalue weighted by Crippen LogP contribution is -2.12. The van der Waals surface area contributed by atoms with Gasteiger partial charge in [-0.15, -0.1) is 0 Å². The minimum Gasteiger partial charge on any atom is -0.490 e. The van der Waals surface area contributed by atoms with Crippen LogP contribution in [0.25, 0.3) is 0 Å². The molecule has 20 heavy (non-hydrogen) atoms. The summed E-state index contributed by atoms with van der Waals surface area (Å²) in [7, 11) is 1.63. The molecule has 0 heterocycles. The highest BCUT2D eigenvalue weighted by molar-refractivity contribution is 9.10. The highest BCUT2D eigenvalue weighted by Gasteiger charge is 2.03. The van der Waals surface area contributed by atoms with E-state index in [9.17, 15) is 4.79 Å². The van der Waals surface area contributed by atoms with Crippen LogP contribution in [0.1, 0.15) is 10.4 Å². The van der Waals surface area contributed by atoms with Crippen molar-refractivity contribution < 1.29 is 23.7 Å². The molecule has 0 fully saturated rings. The molecule has 1 aromatic rings. The minimum atomic E-state index is 0.384. The Hall–Kier alpha value is -0.950. The van der Waals surface area contributed by atoms with Gasteiger partial charge in [-0.3, -0.25) is 4.79 Å². The van der Waals surface area contributed by atoms with Gasteiger partial charge in [0.15, 0.2) is 6.29 Å². The third-order valence-corrected chi connectivity index (χ3v) is 2.88. The molecule has 0 radical (unpaired) electrons. The van der Waals surface area contributed by atoms with Gasteiger partial charge in [0.05, 0.1) is 38.6 Å². The molecule has 0 aliphatic carbocycles. The second-order valence-electron chi connectivity index (χ2n) is 3.87. The Morgan fingerprint density at radius 2 is 1.70 bits per heavy atom. The first-order valence-corrected chi connectivity index (χ1v) is 7.09. The fraction of sp³-hybridized carbons (Fsp3) is 0.500. The van der Waals surface area contributed by atoms with Crippen LogP contribution in [0, 0.1) is 0 Å². The van der Waals surface area contributed by atoms with Crippen LogP contribution >= 0.6 is 15.9 Å². The smallest absolute Gasteiger partial charge is 0.153 e. The van der Waals surface area contributed by atoms with Gasteiger partial charge in [-0.2, -0.15) is 0 Å². The first kappa shape index (κ1) is 17.1. The molecular weight excluding hydrogens is 328 g/mol. The van der Waals surface area contributed by atoms with E-state index in [-0.39, 0.29) is 0 Å². The third-order valence-electron chi connectivity index (χ3n) is 2.39. The summed E-state index contributed by atoms with van der Waals surface area (Å²) in [6.45, 7) is 3.01. The average Bonchev–Trinajstić information content (AvgIpc) is 2.46. The van der Waals surface area contributed by atoms with Gasteiger partial charge < -0.3 is 18.9 Å². The van der Waals surface area contributed by atoms with Crippen LogP contribution in [0.4, 0.5) is 0 Å². The van der Waals surface area contributed by atoms with E-state index in [4.69, 9.17) is 18.9 Å². The van der Waals surface area contributed by atoms with Crippen LogP contribution in [0.2, 0.25) is 0 Å². The normalized spacial score (nSPS) is 10.5. The molecule has 0 aromatic heterocycles. The molecule has 0 bridgehead atoms. The average molecular weight is 347 g/mol. The first-order chi connectivity index (χ1) is 9.77. The summed E-state index contributed by atoms with van der Waals surface area (Å²) in [5, 5.41) is 0. The van der Waals surface area contributed by atoms with E-state index in [0.29, 0.717) is 51.0 Å². The summed E-state index contributed by atoms with van der Waals surface area (Å²) in [5.74, 6) is 0.550. The Morgan fingerprint density at radius 3 is 2.35 bits per heavy atom. The van der Waals surface area contributed by atoms with Crippen molar-refractivity contribution in [3.8, 4) is 5.75 Å². The number of benzene rings is 1. The van der Waals surface area contributed by atoms with Crippen LogP contribution in [0.3, 0.4) is 0 Å². The van der Waals surface area contributed by atoms with Gasteiger partial charge in [0.2, 0.25) is 0 Å². The number of rotatable bonds is 11. The Morgan fingerprint density at radius 1 is 1.05 bits per heavy atom. The van der Waals surface area contributed by atoms with Crippen molar-refractivity contribution >= 4 is 22.2 Å². The summed E-state index contributed by atoms with van der Waals surface area (Å²) < 4.78 is 21.8. The Kier molecular flexibility index (Phi) is 9.23.